The van der Waals surface area contributed by atoms with Crippen molar-refractivity contribution in [2.75, 3.05) is 18.2 Å². The Kier molecular flexibility index (Phi) is 7.67. The fourth-order valence-electron chi connectivity index (χ4n) is 3.41. The van der Waals surface area contributed by atoms with Crippen molar-refractivity contribution in [2.24, 2.45) is 0 Å². The summed E-state index contributed by atoms with van der Waals surface area (Å²) in [6.07, 6.45) is -0.422. The first-order valence-corrected chi connectivity index (χ1v) is 11.9. The molecule has 35 heavy (non-hydrogen) atoms. The van der Waals surface area contributed by atoms with Crippen LogP contribution in [0.15, 0.2) is 78.0 Å². The van der Waals surface area contributed by atoms with Crippen molar-refractivity contribution in [3.63, 3.8) is 0 Å². The number of anilines is 1. The molecule has 0 saturated heterocycles. The van der Waals surface area contributed by atoms with Crippen molar-refractivity contribution < 1.29 is 18.7 Å². The molecule has 0 radical (unpaired) electrons. The van der Waals surface area contributed by atoms with Crippen LogP contribution in [0.3, 0.4) is 0 Å². The zero-order valence-electron chi connectivity index (χ0n) is 19.6. The lowest BCUT2D eigenvalue weighted by atomic mass is 10.2. The van der Waals surface area contributed by atoms with Gasteiger partial charge in [0.05, 0.1) is 12.9 Å². The van der Waals surface area contributed by atoms with Crippen LogP contribution in [-0.2, 0) is 4.79 Å². The number of thioether (sulfide) groups is 1. The summed E-state index contributed by atoms with van der Waals surface area (Å²) in [6, 6.07) is 21.2. The number of amides is 1. The summed E-state index contributed by atoms with van der Waals surface area (Å²) in [7, 11) is 1.61. The quantitative estimate of drug-likeness (QED) is 0.307. The number of carbonyl (C=O) groups is 1. The summed E-state index contributed by atoms with van der Waals surface area (Å²) < 4.78 is 26.7. The van der Waals surface area contributed by atoms with Crippen molar-refractivity contribution >= 4 is 23.4 Å². The third-order valence-corrected chi connectivity index (χ3v) is 6.14. The molecular formula is C26H25FN4O3S. The van der Waals surface area contributed by atoms with Crippen LogP contribution in [0.4, 0.5) is 10.1 Å². The topological polar surface area (TPSA) is 78.3 Å². The van der Waals surface area contributed by atoms with Gasteiger partial charge in [0.25, 0.3) is 0 Å². The van der Waals surface area contributed by atoms with Gasteiger partial charge in [0.2, 0.25) is 5.91 Å². The van der Waals surface area contributed by atoms with E-state index in [9.17, 15) is 9.18 Å². The van der Waals surface area contributed by atoms with E-state index in [1.165, 1.54) is 23.9 Å². The number of hydrogen-bond acceptors (Lipinski definition) is 6. The Hall–Kier alpha value is -3.85. The van der Waals surface area contributed by atoms with E-state index in [0.29, 0.717) is 22.4 Å². The summed E-state index contributed by atoms with van der Waals surface area (Å²) >= 11 is 1.24. The molecule has 1 unspecified atom stereocenters. The second-order valence-electron chi connectivity index (χ2n) is 7.74. The molecule has 1 amide bonds. The van der Waals surface area contributed by atoms with Crippen LogP contribution in [0.1, 0.15) is 24.4 Å². The molecule has 0 aliphatic rings. The molecule has 0 saturated carbocycles. The van der Waals surface area contributed by atoms with E-state index in [1.54, 1.807) is 13.2 Å². The molecule has 0 bridgehead atoms. The van der Waals surface area contributed by atoms with Gasteiger partial charge in [-0.05, 0) is 67.9 Å². The zero-order chi connectivity index (χ0) is 24.8. The molecule has 7 nitrogen and oxygen atoms in total. The molecule has 1 N–H and O–H groups in total. The Balaban J connectivity index is 1.53. The minimum absolute atomic E-state index is 0.0780. The van der Waals surface area contributed by atoms with Crippen molar-refractivity contribution in [3.05, 3.63) is 90.0 Å². The fraction of sp³-hybridized carbons (Fsp3) is 0.192. The van der Waals surface area contributed by atoms with Crippen LogP contribution < -0.4 is 14.8 Å². The standard InChI is InChI=1S/C26H25FN4O3S/c1-17-9-10-19(27)15-23(17)28-24(32)16-35-26-30-29-25(31(26)20-7-5-4-6-8-20)18(2)34-22-13-11-21(33-3)12-14-22/h4-15,18H,16H2,1-3H3,(H,28,32). The summed E-state index contributed by atoms with van der Waals surface area (Å²) in [6.45, 7) is 3.70. The average Bonchev–Trinajstić information content (AvgIpc) is 3.30. The smallest absolute Gasteiger partial charge is 0.234 e. The highest BCUT2D eigenvalue weighted by Gasteiger charge is 2.22. The number of halogens is 1. The lowest BCUT2D eigenvalue weighted by Gasteiger charge is -2.17. The number of nitrogens with zero attached hydrogens (tertiary/aromatic N) is 3. The summed E-state index contributed by atoms with van der Waals surface area (Å²) in [5.41, 5.74) is 2.08. The molecular weight excluding hydrogens is 467 g/mol. The maximum absolute atomic E-state index is 13.6. The SMILES string of the molecule is COc1ccc(OC(C)c2nnc(SCC(=O)Nc3cc(F)ccc3C)n2-c2ccccc2)cc1. The number of aromatic nitrogens is 3. The van der Waals surface area contributed by atoms with E-state index >= 15 is 0 Å². The number of para-hydroxylation sites is 1. The van der Waals surface area contributed by atoms with Gasteiger partial charge in [-0.2, -0.15) is 0 Å². The number of carbonyl (C=O) groups excluding carboxylic acids is 1. The van der Waals surface area contributed by atoms with Crippen molar-refractivity contribution in [2.45, 2.75) is 25.1 Å². The second-order valence-corrected chi connectivity index (χ2v) is 8.69. The normalized spacial score (nSPS) is 11.7. The number of aryl methyl sites for hydroxylation is 1. The Morgan fingerprint density at radius 1 is 1.06 bits per heavy atom. The molecule has 1 atom stereocenters. The van der Waals surface area contributed by atoms with Crippen molar-refractivity contribution in [1.29, 1.82) is 0 Å². The Bertz CT molecular complexity index is 1300. The molecule has 4 aromatic rings. The molecule has 9 heteroatoms. The lowest BCUT2D eigenvalue weighted by Crippen LogP contribution is -2.16. The van der Waals surface area contributed by atoms with Crippen LogP contribution in [0.2, 0.25) is 0 Å². The van der Waals surface area contributed by atoms with Crippen LogP contribution >= 0.6 is 11.8 Å². The third-order valence-electron chi connectivity index (χ3n) is 5.21. The van der Waals surface area contributed by atoms with E-state index in [4.69, 9.17) is 9.47 Å². The number of rotatable bonds is 9. The Morgan fingerprint density at radius 2 is 1.77 bits per heavy atom. The lowest BCUT2D eigenvalue weighted by molar-refractivity contribution is -0.113. The van der Waals surface area contributed by atoms with Crippen LogP contribution in [0, 0.1) is 12.7 Å². The highest BCUT2D eigenvalue weighted by molar-refractivity contribution is 7.99. The van der Waals surface area contributed by atoms with E-state index in [1.807, 2.05) is 73.0 Å². The zero-order valence-corrected chi connectivity index (χ0v) is 20.4. The molecule has 0 aliphatic heterocycles. The summed E-state index contributed by atoms with van der Waals surface area (Å²) in [4.78, 5) is 12.6. The predicted octanol–water partition coefficient (Wildman–Crippen LogP) is 5.59. The molecule has 4 rings (SSSR count). The molecule has 180 valence electrons. The van der Waals surface area contributed by atoms with Gasteiger partial charge in [-0.3, -0.25) is 9.36 Å². The van der Waals surface area contributed by atoms with E-state index < -0.39 is 11.9 Å². The van der Waals surface area contributed by atoms with Gasteiger partial charge in [0.1, 0.15) is 17.3 Å². The highest BCUT2D eigenvalue weighted by atomic mass is 32.2. The maximum atomic E-state index is 13.6. The van der Waals surface area contributed by atoms with E-state index in [2.05, 4.69) is 15.5 Å². The van der Waals surface area contributed by atoms with Gasteiger partial charge in [0.15, 0.2) is 17.1 Å². The minimum atomic E-state index is -0.422. The van der Waals surface area contributed by atoms with Crippen molar-refractivity contribution in [3.8, 4) is 17.2 Å². The van der Waals surface area contributed by atoms with Gasteiger partial charge < -0.3 is 14.8 Å². The van der Waals surface area contributed by atoms with Crippen LogP contribution in [0.25, 0.3) is 5.69 Å². The van der Waals surface area contributed by atoms with Gasteiger partial charge >= 0.3 is 0 Å². The first-order chi connectivity index (χ1) is 16.9. The van der Waals surface area contributed by atoms with Gasteiger partial charge in [-0.25, -0.2) is 4.39 Å². The first kappa shape index (κ1) is 24.3. The predicted molar refractivity (Wildman–Crippen MR) is 134 cm³/mol. The Labute approximate surface area is 207 Å². The largest absolute Gasteiger partial charge is 0.497 e. The van der Waals surface area contributed by atoms with Crippen LogP contribution in [0.5, 0.6) is 11.5 Å². The van der Waals surface area contributed by atoms with Crippen molar-refractivity contribution in [1.82, 2.24) is 14.8 Å². The second kappa shape index (κ2) is 11.1. The molecule has 1 aromatic heterocycles. The Morgan fingerprint density at radius 3 is 2.49 bits per heavy atom. The van der Waals surface area contributed by atoms with Gasteiger partial charge in [-0.15, -0.1) is 10.2 Å². The van der Waals surface area contributed by atoms with E-state index in [0.717, 1.165) is 17.0 Å². The highest BCUT2D eigenvalue weighted by Crippen LogP contribution is 2.29. The third kappa shape index (κ3) is 5.99. The maximum Gasteiger partial charge on any atom is 0.234 e. The average molecular weight is 493 g/mol. The summed E-state index contributed by atoms with van der Waals surface area (Å²) in [5, 5.41) is 12.0. The van der Waals surface area contributed by atoms with Gasteiger partial charge in [0, 0.05) is 11.4 Å². The monoisotopic (exact) mass is 492 g/mol. The molecule has 0 spiro atoms. The molecule has 0 aliphatic carbocycles. The summed E-state index contributed by atoms with van der Waals surface area (Å²) in [5.74, 6) is 1.40. The first-order valence-electron chi connectivity index (χ1n) is 10.9. The number of hydrogen-bond donors (Lipinski definition) is 1. The minimum Gasteiger partial charge on any atom is -0.497 e. The number of nitrogens with one attached hydrogen (secondary N) is 1. The van der Waals surface area contributed by atoms with Gasteiger partial charge in [-0.1, -0.05) is 36.0 Å². The van der Waals surface area contributed by atoms with E-state index in [-0.39, 0.29) is 11.7 Å². The number of methoxy groups -OCH3 is 1. The molecule has 0 fully saturated rings. The van der Waals surface area contributed by atoms with Crippen LogP contribution in [-0.4, -0.2) is 33.5 Å². The molecule has 3 aromatic carbocycles. The fourth-order valence-corrected chi connectivity index (χ4v) is 4.17. The number of ether oxygens (including phenoxy) is 2. The number of benzene rings is 3. The molecule has 1 heterocycles.